The number of hydrazone groups is 1. The summed E-state index contributed by atoms with van der Waals surface area (Å²) in [6.07, 6.45) is -4.44. The van der Waals surface area contributed by atoms with Crippen molar-refractivity contribution in [2.24, 2.45) is 5.10 Å². The van der Waals surface area contributed by atoms with Gasteiger partial charge in [-0.25, -0.2) is 5.43 Å². The lowest BCUT2D eigenvalue weighted by Gasteiger charge is -2.17. The van der Waals surface area contributed by atoms with Gasteiger partial charge in [-0.3, -0.25) is 9.59 Å². The quantitative estimate of drug-likeness (QED) is 0.310. The number of aromatic hydroxyl groups is 1. The Hall–Kier alpha value is -3.18. The highest BCUT2D eigenvalue weighted by Gasteiger charge is 2.30. The fourth-order valence-electron chi connectivity index (χ4n) is 3.12. The van der Waals surface area contributed by atoms with Crippen LogP contribution in [0.5, 0.6) is 5.75 Å². The number of rotatable bonds is 7. The Kier molecular flexibility index (Phi) is 7.78. The first kappa shape index (κ1) is 25.4. The van der Waals surface area contributed by atoms with Crippen LogP contribution < -0.4 is 5.43 Å². The minimum atomic E-state index is -4.44. The fourth-order valence-corrected chi connectivity index (χ4v) is 4.99. The normalized spacial score (nSPS) is 12.0. The third-order valence-corrected chi connectivity index (χ3v) is 7.14. The molecular formula is C23H22F3N3O3S2. The van der Waals surface area contributed by atoms with Crippen LogP contribution in [-0.4, -0.2) is 40.6 Å². The number of alkyl halides is 3. The summed E-state index contributed by atoms with van der Waals surface area (Å²) < 4.78 is 38.3. The molecule has 2 heterocycles. The highest BCUT2D eigenvalue weighted by atomic mass is 32.1. The summed E-state index contributed by atoms with van der Waals surface area (Å²) in [5, 5.41) is 16.2. The van der Waals surface area contributed by atoms with E-state index in [-0.39, 0.29) is 11.7 Å². The largest absolute Gasteiger partial charge is 0.506 e. The molecule has 3 aromatic rings. The van der Waals surface area contributed by atoms with E-state index in [1.54, 1.807) is 29.3 Å². The van der Waals surface area contributed by atoms with Gasteiger partial charge in [0.1, 0.15) is 5.75 Å². The van der Waals surface area contributed by atoms with Gasteiger partial charge in [0.15, 0.2) is 0 Å². The molecule has 2 aromatic heterocycles. The number of nitrogens with zero attached hydrogens (tertiary/aromatic N) is 2. The van der Waals surface area contributed by atoms with Gasteiger partial charge in [-0.1, -0.05) is 12.1 Å². The molecule has 0 spiro atoms. The number of carbonyl (C=O) groups is 2. The summed E-state index contributed by atoms with van der Waals surface area (Å²) in [6.45, 7) is 6.47. The molecule has 2 amide bonds. The molecule has 0 bridgehead atoms. The summed E-state index contributed by atoms with van der Waals surface area (Å²) in [6, 6.07) is 7.63. The Balaban J connectivity index is 1.72. The minimum Gasteiger partial charge on any atom is -0.506 e. The van der Waals surface area contributed by atoms with Crippen molar-refractivity contribution in [1.29, 1.82) is 0 Å². The molecule has 0 aliphatic heterocycles. The number of hydrogen-bond acceptors (Lipinski definition) is 6. The van der Waals surface area contributed by atoms with E-state index in [0.29, 0.717) is 44.6 Å². The predicted molar refractivity (Wildman–Crippen MR) is 128 cm³/mol. The lowest BCUT2D eigenvalue weighted by Crippen LogP contribution is -2.29. The van der Waals surface area contributed by atoms with Gasteiger partial charge in [-0.2, -0.15) is 18.3 Å². The summed E-state index contributed by atoms with van der Waals surface area (Å²) in [5.41, 5.74) is 2.74. The van der Waals surface area contributed by atoms with Crippen molar-refractivity contribution in [2.45, 2.75) is 26.9 Å². The first-order valence-corrected chi connectivity index (χ1v) is 12.0. The summed E-state index contributed by atoms with van der Waals surface area (Å²) in [7, 11) is 0. The molecule has 1 aromatic carbocycles. The van der Waals surface area contributed by atoms with Crippen molar-refractivity contribution in [1.82, 2.24) is 10.3 Å². The highest BCUT2D eigenvalue weighted by molar-refractivity contribution is 7.16. The zero-order valence-electron chi connectivity index (χ0n) is 18.6. The van der Waals surface area contributed by atoms with E-state index in [4.69, 9.17) is 0 Å². The molecule has 3 rings (SSSR count). The molecule has 11 heteroatoms. The van der Waals surface area contributed by atoms with E-state index in [9.17, 15) is 27.9 Å². The zero-order valence-corrected chi connectivity index (χ0v) is 20.2. The van der Waals surface area contributed by atoms with Gasteiger partial charge in [-0.15, -0.1) is 22.7 Å². The van der Waals surface area contributed by atoms with Gasteiger partial charge >= 0.3 is 6.18 Å². The van der Waals surface area contributed by atoms with E-state index in [1.165, 1.54) is 12.1 Å². The minimum absolute atomic E-state index is 0.136. The van der Waals surface area contributed by atoms with Crippen LogP contribution in [0.3, 0.4) is 0 Å². The fraction of sp³-hybridized carbons (Fsp3) is 0.261. The number of nitrogens with one attached hydrogen (secondary N) is 1. The molecule has 6 nitrogen and oxygen atoms in total. The van der Waals surface area contributed by atoms with Crippen LogP contribution >= 0.6 is 22.7 Å². The van der Waals surface area contributed by atoms with Crippen molar-refractivity contribution in [3.8, 4) is 16.2 Å². The second kappa shape index (κ2) is 10.4. The van der Waals surface area contributed by atoms with E-state index < -0.39 is 17.6 Å². The van der Waals surface area contributed by atoms with Crippen LogP contribution in [0.4, 0.5) is 13.2 Å². The first-order chi connectivity index (χ1) is 16.1. The second-order valence-corrected chi connectivity index (χ2v) is 9.15. The molecule has 0 saturated carbocycles. The number of hydrogen-bond donors (Lipinski definition) is 2. The van der Waals surface area contributed by atoms with Crippen molar-refractivity contribution < 1.29 is 27.9 Å². The maximum absolute atomic E-state index is 12.8. The SMILES string of the molecule is CCN(CC)C(=O)c1ccc(C(=O)N/N=C(/C)c2csc(-c3ccc(C(F)(F)F)cc3)c2O)s1. The van der Waals surface area contributed by atoms with Crippen LogP contribution in [0.2, 0.25) is 0 Å². The lowest BCUT2D eigenvalue weighted by molar-refractivity contribution is -0.137. The van der Waals surface area contributed by atoms with Gasteiger partial charge in [0.05, 0.1) is 31.5 Å². The molecule has 0 atom stereocenters. The van der Waals surface area contributed by atoms with E-state index >= 15 is 0 Å². The van der Waals surface area contributed by atoms with Crippen LogP contribution in [0.1, 0.15) is 51.2 Å². The van der Waals surface area contributed by atoms with Crippen LogP contribution in [0.25, 0.3) is 10.4 Å². The Morgan fingerprint density at radius 1 is 1.06 bits per heavy atom. The molecular weight excluding hydrogens is 487 g/mol. The highest BCUT2D eigenvalue weighted by Crippen LogP contribution is 2.40. The van der Waals surface area contributed by atoms with Crippen molar-refractivity contribution in [2.75, 3.05) is 13.1 Å². The number of benzene rings is 1. The van der Waals surface area contributed by atoms with E-state index in [2.05, 4.69) is 10.5 Å². The summed E-state index contributed by atoms with van der Waals surface area (Å²) in [5.74, 6) is -0.781. The zero-order chi connectivity index (χ0) is 25.0. The lowest BCUT2D eigenvalue weighted by atomic mass is 10.1. The van der Waals surface area contributed by atoms with Gasteiger partial charge < -0.3 is 10.0 Å². The second-order valence-electron chi connectivity index (χ2n) is 7.18. The van der Waals surface area contributed by atoms with Crippen molar-refractivity contribution in [3.05, 3.63) is 62.7 Å². The third kappa shape index (κ3) is 5.48. The summed E-state index contributed by atoms with van der Waals surface area (Å²) in [4.78, 5) is 27.7. The molecule has 180 valence electrons. The monoisotopic (exact) mass is 509 g/mol. The Morgan fingerprint density at radius 3 is 2.26 bits per heavy atom. The molecule has 0 aliphatic rings. The number of thiophene rings is 2. The standard InChI is InChI=1S/C23H22F3N3O3S2/c1-4-29(5-2)22(32)18-11-10-17(34-18)21(31)28-27-13(3)16-12-33-20(19(16)30)14-6-8-15(9-7-14)23(24,25)26/h6-12,30H,4-5H2,1-3H3,(H,28,31)/b27-13-. The molecule has 34 heavy (non-hydrogen) atoms. The molecule has 0 unspecified atom stereocenters. The van der Waals surface area contributed by atoms with Crippen LogP contribution in [0, 0.1) is 0 Å². The molecule has 2 N–H and O–H groups in total. The van der Waals surface area contributed by atoms with Gasteiger partial charge in [0, 0.05) is 18.5 Å². The third-order valence-electron chi connectivity index (χ3n) is 5.05. The number of amides is 2. The van der Waals surface area contributed by atoms with E-state index in [0.717, 1.165) is 34.8 Å². The van der Waals surface area contributed by atoms with Gasteiger partial charge in [0.2, 0.25) is 0 Å². The average molecular weight is 510 g/mol. The Bertz CT molecular complexity index is 1210. The molecule has 0 radical (unpaired) electrons. The average Bonchev–Trinajstić information content (AvgIpc) is 3.45. The van der Waals surface area contributed by atoms with Crippen LogP contribution in [0.15, 0.2) is 46.9 Å². The number of halogens is 3. The Labute approximate surface area is 202 Å². The predicted octanol–water partition coefficient (Wildman–Crippen LogP) is 5.84. The van der Waals surface area contributed by atoms with Gasteiger partial charge in [-0.05, 0) is 50.6 Å². The number of carbonyl (C=O) groups excluding carboxylic acids is 2. The Morgan fingerprint density at radius 2 is 1.68 bits per heavy atom. The van der Waals surface area contributed by atoms with Gasteiger partial charge in [0.25, 0.3) is 11.8 Å². The topological polar surface area (TPSA) is 82.0 Å². The summed E-state index contributed by atoms with van der Waals surface area (Å²) >= 11 is 2.21. The maximum Gasteiger partial charge on any atom is 0.416 e. The maximum atomic E-state index is 12.8. The molecule has 0 fully saturated rings. The first-order valence-electron chi connectivity index (χ1n) is 10.3. The smallest absolute Gasteiger partial charge is 0.416 e. The van der Waals surface area contributed by atoms with Crippen molar-refractivity contribution in [3.63, 3.8) is 0 Å². The molecule has 0 saturated heterocycles. The van der Waals surface area contributed by atoms with Crippen molar-refractivity contribution >= 4 is 40.2 Å². The van der Waals surface area contributed by atoms with E-state index in [1.807, 2.05) is 13.8 Å². The molecule has 0 aliphatic carbocycles. The van der Waals surface area contributed by atoms with Crippen LogP contribution in [-0.2, 0) is 6.18 Å².